The summed E-state index contributed by atoms with van der Waals surface area (Å²) in [4.78, 5) is 31.0. The molecule has 0 aliphatic heterocycles. The molecule has 0 saturated heterocycles. The first kappa shape index (κ1) is 25.0. The molecule has 2 aromatic carbocycles. The summed E-state index contributed by atoms with van der Waals surface area (Å²) in [6, 6.07) is 9.27. The van der Waals surface area contributed by atoms with Crippen molar-refractivity contribution in [2.24, 2.45) is 28.1 Å². The second-order valence-corrected chi connectivity index (χ2v) is 8.71. The fraction of sp³-hybridized carbons (Fsp3) is 0.304. The molecule has 9 nitrogen and oxygen atoms in total. The number of carbonyl (C=O) groups excluding carboxylic acids is 2. The Morgan fingerprint density at radius 3 is 2.56 bits per heavy atom. The van der Waals surface area contributed by atoms with Crippen molar-refractivity contribution in [3.63, 3.8) is 0 Å². The van der Waals surface area contributed by atoms with Crippen molar-refractivity contribution in [1.29, 1.82) is 5.41 Å². The van der Waals surface area contributed by atoms with E-state index < -0.39 is 23.5 Å². The fourth-order valence-corrected chi connectivity index (χ4v) is 4.09. The van der Waals surface area contributed by atoms with Crippen molar-refractivity contribution in [1.82, 2.24) is 10.2 Å². The molecular formula is C23H27ClFN7O2. The van der Waals surface area contributed by atoms with Gasteiger partial charge in [-0.3, -0.25) is 20.0 Å². The average Bonchev–Trinajstić information content (AvgIpc) is 3.11. The molecule has 0 unspecified atom stereocenters. The van der Waals surface area contributed by atoms with Crippen LogP contribution in [0.2, 0.25) is 5.02 Å². The largest absolute Gasteiger partial charge is 0.370 e. The molecule has 0 fully saturated rings. The molecule has 11 heteroatoms. The number of hydrogen-bond acceptors (Lipinski definition) is 4. The lowest BCUT2D eigenvalue weighted by Crippen LogP contribution is -2.38. The van der Waals surface area contributed by atoms with Crippen LogP contribution in [0.15, 0.2) is 41.4 Å². The Hall–Kier alpha value is -3.66. The van der Waals surface area contributed by atoms with Crippen LogP contribution in [0.5, 0.6) is 0 Å². The molecule has 1 amide bonds. The van der Waals surface area contributed by atoms with Crippen LogP contribution in [0, 0.1) is 17.1 Å². The van der Waals surface area contributed by atoms with Gasteiger partial charge in [-0.2, -0.15) is 0 Å². The van der Waals surface area contributed by atoms with Crippen LogP contribution < -0.4 is 22.5 Å². The van der Waals surface area contributed by atoms with Crippen molar-refractivity contribution >= 4 is 35.2 Å². The molecule has 34 heavy (non-hydrogen) atoms. The molecule has 0 saturated carbocycles. The number of benzene rings is 2. The summed E-state index contributed by atoms with van der Waals surface area (Å²) in [5.74, 6) is -2.40. The van der Waals surface area contributed by atoms with E-state index in [1.807, 2.05) is 18.2 Å². The number of amides is 1. The third kappa shape index (κ3) is 6.02. The highest BCUT2D eigenvalue weighted by Crippen LogP contribution is 2.37. The van der Waals surface area contributed by atoms with Gasteiger partial charge in [-0.25, -0.2) is 4.39 Å². The van der Waals surface area contributed by atoms with E-state index in [-0.39, 0.29) is 35.8 Å². The van der Waals surface area contributed by atoms with E-state index in [0.717, 1.165) is 22.8 Å². The van der Waals surface area contributed by atoms with E-state index in [4.69, 9.17) is 34.2 Å². The minimum absolute atomic E-state index is 0.0460. The molecular weight excluding hydrogens is 461 g/mol. The van der Waals surface area contributed by atoms with Crippen LogP contribution in [0.3, 0.4) is 0 Å². The molecule has 1 aliphatic rings. The van der Waals surface area contributed by atoms with Crippen LogP contribution in [-0.2, 0) is 29.0 Å². The van der Waals surface area contributed by atoms with Gasteiger partial charge in [0, 0.05) is 32.5 Å². The van der Waals surface area contributed by atoms with E-state index in [1.54, 1.807) is 11.9 Å². The van der Waals surface area contributed by atoms with Crippen LogP contribution in [0.4, 0.5) is 4.39 Å². The standard InChI is InChI=1S/C23H27ClFN7O2/c1-32(23(28)29)11-13-2-4-16-14(6-13)9-15(10-30-22(26)27)20(16)31-21(34)19(33)8-12-3-5-17(24)18(25)7-12/h2-7,15,20H,8-11H2,1H3,(H3,28,29)(H,31,34)(H4,26,27,30)/t15-,20-/m1/s1. The first-order chi connectivity index (χ1) is 16.0. The maximum Gasteiger partial charge on any atom is 0.288 e. The number of ketones is 1. The van der Waals surface area contributed by atoms with Crippen molar-refractivity contribution in [2.45, 2.75) is 25.4 Å². The predicted octanol–water partition coefficient (Wildman–Crippen LogP) is 1.22. The Labute approximate surface area is 201 Å². The first-order valence-electron chi connectivity index (χ1n) is 10.5. The lowest BCUT2D eigenvalue weighted by atomic mass is 9.99. The summed E-state index contributed by atoms with van der Waals surface area (Å²) in [6.45, 7) is 0.718. The smallest absolute Gasteiger partial charge is 0.288 e. The Morgan fingerprint density at radius 2 is 1.91 bits per heavy atom. The SMILES string of the molecule is CN(Cc1ccc2c(c1)C[C@H](CN=C(N)N)[C@H]2NC(=O)C(=O)Cc1ccc(Cl)c(F)c1)C(=N)N. The highest BCUT2D eigenvalue weighted by molar-refractivity contribution is 6.36. The zero-order valence-corrected chi connectivity index (χ0v) is 19.4. The van der Waals surface area contributed by atoms with E-state index in [9.17, 15) is 14.0 Å². The average molecular weight is 488 g/mol. The normalized spacial score (nSPS) is 16.4. The number of guanidine groups is 2. The van der Waals surface area contributed by atoms with E-state index in [2.05, 4.69) is 10.3 Å². The predicted molar refractivity (Wildman–Crippen MR) is 129 cm³/mol. The monoisotopic (exact) mass is 487 g/mol. The zero-order chi connectivity index (χ0) is 25.0. The highest BCUT2D eigenvalue weighted by atomic mass is 35.5. The quantitative estimate of drug-likeness (QED) is 0.213. The van der Waals surface area contributed by atoms with Crippen LogP contribution >= 0.6 is 11.6 Å². The van der Waals surface area contributed by atoms with Gasteiger partial charge in [0.25, 0.3) is 5.91 Å². The van der Waals surface area contributed by atoms with Gasteiger partial charge in [0.15, 0.2) is 11.9 Å². The molecule has 2 aromatic rings. The number of aliphatic imine (C=N–C) groups is 1. The molecule has 1 aliphatic carbocycles. The Balaban J connectivity index is 1.78. The number of nitrogens with two attached hydrogens (primary N) is 3. The Bertz CT molecular complexity index is 1150. The minimum atomic E-state index is -0.775. The van der Waals surface area contributed by atoms with Gasteiger partial charge in [0.1, 0.15) is 5.82 Å². The molecule has 8 N–H and O–H groups in total. The number of nitrogens with one attached hydrogen (secondary N) is 2. The van der Waals surface area contributed by atoms with E-state index in [0.29, 0.717) is 18.5 Å². The number of Topliss-reactive ketones (excluding diaryl/α,β-unsaturated/α-hetero) is 1. The van der Waals surface area contributed by atoms with Crippen molar-refractivity contribution < 1.29 is 14.0 Å². The number of carbonyl (C=O) groups is 2. The minimum Gasteiger partial charge on any atom is -0.370 e. The molecule has 0 heterocycles. The lowest BCUT2D eigenvalue weighted by molar-refractivity contribution is -0.138. The number of nitrogens with zero attached hydrogens (tertiary/aromatic N) is 2. The molecule has 2 atom stereocenters. The third-order valence-electron chi connectivity index (χ3n) is 5.72. The summed E-state index contributed by atoms with van der Waals surface area (Å²) in [6.07, 6.45) is 0.333. The second-order valence-electron chi connectivity index (χ2n) is 8.30. The van der Waals surface area contributed by atoms with Gasteiger partial charge >= 0.3 is 0 Å². The topological polar surface area (TPSA) is 164 Å². The van der Waals surface area contributed by atoms with Crippen LogP contribution in [0.25, 0.3) is 0 Å². The van der Waals surface area contributed by atoms with Crippen LogP contribution in [0.1, 0.15) is 28.3 Å². The van der Waals surface area contributed by atoms with Crippen LogP contribution in [-0.4, -0.2) is 42.1 Å². The maximum atomic E-state index is 13.7. The Kier molecular flexibility index (Phi) is 7.72. The third-order valence-corrected chi connectivity index (χ3v) is 6.03. The van der Waals surface area contributed by atoms with Crippen molar-refractivity contribution in [3.8, 4) is 0 Å². The Morgan fingerprint density at radius 1 is 1.21 bits per heavy atom. The summed E-state index contributed by atoms with van der Waals surface area (Å²) in [5.41, 5.74) is 19.7. The molecule has 180 valence electrons. The van der Waals surface area contributed by atoms with Gasteiger partial charge in [-0.1, -0.05) is 35.9 Å². The highest BCUT2D eigenvalue weighted by Gasteiger charge is 2.35. The molecule has 0 aromatic heterocycles. The number of rotatable bonds is 8. The molecule has 0 spiro atoms. The lowest BCUT2D eigenvalue weighted by Gasteiger charge is -2.21. The second kappa shape index (κ2) is 10.5. The molecule has 0 bridgehead atoms. The summed E-state index contributed by atoms with van der Waals surface area (Å²) >= 11 is 5.68. The number of fused-ring (bicyclic) bond motifs is 1. The fourth-order valence-electron chi connectivity index (χ4n) is 3.98. The van der Waals surface area contributed by atoms with Crippen molar-refractivity contribution in [3.05, 3.63) is 69.5 Å². The summed E-state index contributed by atoms with van der Waals surface area (Å²) in [5, 5.41) is 10.3. The van der Waals surface area contributed by atoms with E-state index in [1.165, 1.54) is 12.1 Å². The molecule has 3 rings (SSSR count). The number of halogens is 2. The van der Waals surface area contributed by atoms with Crippen molar-refractivity contribution in [2.75, 3.05) is 13.6 Å². The summed E-state index contributed by atoms with van der Waals surface area (Å²) in [7, 11) is 1.72. The summed E-state index contributed by atoms with van der Waals surface area (Å²) < 4.78 is 13.7. The molecule has 0 radical (unpaired) electrons. The zero-order valence-electron chi connectivity index (χ0n) is 18.6. The first-order valence-corrected chi connectivity index (χ1v) is 10.9. The maximum absolute atomic E-state index is 13.7. The van der Waals surface area contributed by atoms with Gasteiger partial charge in [-0.15, -0.1) is 0 Å². The van der Waals surface area contributed by atoms with Gasteiger partial charge in [-0.05, 0) is 40.8 Å². The van der Waals surface area contributed by atoms with Gasteiger partial charge < -0.3 is 27.4 Å². The van der Waals surface area contributed by atoms with Gasteiger partial charge in [0.2, 0.25) is 5.78 Å². The van der Waals surface area contributed by atoms with E-state index >= 15 is 0 Å². The number of hydrogen-bond donors (Lipinski definition) is 5. The van der Waals surface area contributed by atoms with Gasteiger partial charge in [0.05, 0.1) is 11.1 Å².